The van der Waals surface area contributed by atoms with Gasteiger partial charge in [-0.15, -0.1) is 0 Å². The van der Waals surface area contributed by atoms with Crippen molar-refractivity contribution >= 4 is 19.8 Å². The highest BCUT2D eigenvalue weighted by Gasteiger charge is 2.22. The molecule has 3 atom stereocenters. The van der Waals surface area contributed by atoms with Gasteiger partial charge < -0.3 is 37.4 Å². The fraction of sp³-hybridized carbons (Fsp3) is 0.652. The van der Waals surface area contributed by atoms with Crippen LogP contribution in [0, 0.1) is 13.8 Å². The molecule has 0 aromatic carbocycles. The van der Waals surface area contributed by atoms with E-state index >= 15 is 0 Å². The van der Waals surface area contributed by atoms with Gasteiger partial charge in [0, 0.05) is 25.7 Å². The molecule has 0 radical (unpaired) electrons. The molecule has 2 unspecified atom stereocenters. The van der Waals surface area contributed by atoms with Gasteiger partial charge in [-0.1, -0.05) is 100 Å². The molecule has 1 aromatic rings. The molecule has 1 heterocycles. The SMILES string of the molecule is CC/C=C\C/C=C\C/C=C\C/C=C\C=C\C(O)CCCC(=O)OC[C@H](COP(=O)([O-])OCC[N+](C)(C)C)OC(=O)CCCCCCCCc1oc(CCC)c(C)c1C. The summed E-state index contributed by atoms with van der Waals surface area (Å²) in [5.41, 5.74) is 2.54. The van der Waals surface area contributed by atoms with E-state index < -0.39 is 38.6 Å². The van der Waals surface area contributed by atoms with E-state index in [4.69, 9.17) is 22.9 Å². The number of phosphoric acid groups is 1. The van der Waals surface area contributed by atoms with Crippen molar-refractivity contribution in [3.63, 3.8) is 0 Å². The Morgan fingerprint density at radius 2 is 1.34 bits per heavy atom. The summed E-state index contributed by atoms with van der Waals surface area (Å²) in [7, 11) is 1.02. The summed E-state index contributed by atoms with van der Waals surface area (Å²) in [4.78, 5) is 37.7. The fourth-order valence-corrected chi connectivity index (χ4v) is 6.46. The molecule has 1 N–H and O–H groups in total. The summed E-state index contributed by atoms with van der Waals surface area (Å²) < 4.78 is 39.9. The summed E-state index contributed by atoms with van der Waals surface area (Å²) in [6.07, 6.45) is 31.5. The Kier molecular flexibility index (Phi) is 29.1. The van der Waals surface area contributed by atoms with Crippen molar-refractivity contribution in [1.29, 1.82) is 0 Å². The average Bonchev–Trinajstić information content (AvgIpc) is 3.42. The van der Waals surface area contributed by atoms with Crippen LogP contribution in [0.3, 0.4) is 0 Å². The first-order valence-corrected chi connectivity index (χ1v) is 22.9. The molecular weight excluding hydrogens is 757 g/mol. The highest BCUT2D eigenvalue weighted by Crippen LogP contribution is 2.38. The van der Waals surface area contributed by atoms with E-state index in [0.29, 0.717) is 30.3 Å². The van der Waals surface area contributed by atoms with Crippen molar-refractivity contribution in [2.24, 2.45) is 0 Å². The largest absolute Gasteiger partial charge is 0.756 e. The van der Waals surface area contributed by atoms with Crippen LogP contribution >= 0.6 is 7.82 Å². The molecule has 0 spiro atoms. The van der Waals surface area contributed by atoms with Crippen molar-refractivity contribution < 1.29 is 51.6 Å². The lowest BCUT2D eigenvalue weighted by Gasteiger charge is -2.28. The molecule has 11 nitrogen and oxygen atoms in total. The Morgan fingerprint density at radius 1 is 0.759 bits per heavy atom. The number of esters is 2. The van der Waals surface area contributed by atoms with Gasteiger partial charge in [-0.2, -0.15) is 0 Å². The summed E-state index contributed by atoms with van der Waals surface area (Å²) in [6.45, 7) is 8.00. The molecule has 1 aromatic heterocycles. The second-order valence-corrected chi connectivity index (χ2v) is 17.2. The third-order valence-corrected chi connectivity index (χ3v) is 10.3. The third-order valence-electron chi connectivity index (χ3n) is 9.33. The van der Waals surface area contributed by atoms with Gasteiger partial charge >= 0.3 is 11.9 Å². The minimum absolute atomic E-state index is 0.0330. The molecule has 12 heteroatoms. The predicted molar refractivity (Wildman–Crippen MR) is 231 cm³/mol. The van der Waals surface area contributed by atoms with Crippen LogP contribution in [0.1, 0.15) is 133 Å². The second kappa shape index (κ2) is 31.8. The van der Waals surface area contributed by atoms with Crippen LogP contribution in [0.25, 0.3) is 0 Å². The normalized spacial score (nSPS) is 14.7. The first-order chi connectivity index (χ1) is 27.7. The maximum Gasteiger partial charge on any atom is 0.306 e. The molecule has 0 fully saturated rings. The van der Waals surface area contributed by atoms with E-state index in [1.54, 1.807) is 12.2 Å². The van der Waals surface area contributed by atoms with Gasteiger partial charge in [0.2, 0.25) is 0 Å². The fourth-order valence-electron chi connectivity index (χ4n) is 5.73. The number of likely N-dealkylation sites (N-methyl/N-ethyl adjacent to an activating group) is 1. The van der Waals surface area contributed by atoms with Crippen molar-refractivity contribution in [1.82, 2.24) is 0 Å². The Balaban J connectivity index is 2.47. The smallest absolute Gasteiger partial charge is 0.306 e. The molecular formula is C46H76NO10P. The summed E-state index contributed by atoms with van der Waals surface area (Å²) >= 11 is 0. The first kappa shape index (κ1) is 53.0. The van der Waals surface area contributed by atoms with Crippen LogP contribution in [0.15, 0.2) is 65.2 Å². The van der Waals surface area contributed by atoms with Gasteiger partial charge in [0.05, 0.1) is 33.9 Å². The molecule has 330 valence electrons. The number of aliphatic hydroxyl groups is 1. The van der Waals surface area contributed by atoms with Gasteiger partial charge in [-0.3, -0.25) is 14.2 Å². The standard InChI is InChI=1S/C46H76NO10P/c1-8-10-11-12-13-14-15-16-17-18-19-22-25-30-41(48)31-28-34-45(49)53-37-42(38-55-58(51,52)54-36-35-47(5,6)7)56-46(50)33-27-24-21-20-23-26-32-44-40(4)39(3)43(57-44)29-9-2/h10-11,13-14,16-17,19,22,25,30,41-42,48H,8-9,12,15,18,20-21,23-24,26-29,31-38H2,1-7H3/b11-10-,14-13-,17-16-,22-19-,30-25+/t41?,42-/m1/s1. The molecule has 0 amide bonds. The van der Waals surface area contributed by atoms with E-state index in [2.05, 4.69) is 64.2 Å². The first-order valence-electron chi connectivity index (χ1n) is 21.5. The van der Waals surface area contributed by atoms with E-state index in [-0.39, 0.29) is 26.1 Å². The van der Waals surface area contributed by atoms with Gasteiger partial charge in [-0.05, 0) is 82.8 Å². The zero-order chi connectivity index (χ0) is 43.1. The summed E-state index contributed by atoms with van der Waals surface area (Å²) in [5, 5.41) is 10.3. The summed E-state index contributed by atoms with van der Waals surface area (Å²) in [5.74, 6) is 1.12. The van der Waals surface area contributed by atoms with Crippen LogP contribution in [-0.4, -0.2) is 81.2 Å². The Hall–Kier alpha value is -3.05. The highest BCUT2D eigenvalue weighted by molar-refractivity contribution is 7.45. The topological polar surface area (TPSA) is 145 Å². The van der Waals surface area contributed by atoms with Crippen molar-refractivity contribution in [3.05, 3.63) is 83.4 Å². The number of hydrogen-bond donors (Lipinski definition) is 1. The van der Waals surface area contributed by atoms with Crippen LogP contribution in [0.5, 0.6) is 0 Å². The minimum atomic E-state index is -4.69. The zero-order valence-corrected chi connectivity index (χ0v) is 37.7. The van der Waals surface area contributed by atoms with Crippen LogP contribution < -0.4 is 4.89 Å². The van der Waals surface area contributed by atoms with Gasteiger partial charge in [-0.25, -0.2) is 0 Å². The number of nitrogens with zero attached hydrogens (tertiary/aromatic N) is 1. The third kappa shape index (κ3) is 28.4. The number of hydrogen-bond acceptors (Lipinski definition) is 10. The number of ether oxygens (including phenoxy) is 2. The van der Waals surface area contributed by atoms with Crippen molar-refractivity contribution in [2.45, 2.75) is 149 Å². The molecule has 0 aliphatic heterocycles. The molecule has 0 aliphatic carbocycles. The van der Waals surface area contributed by atoms with E-state index in [9.17, 15) is 24.2 Å². The Morgan fingerprint density at radius 3 is 1.98 bits per heavy atom. The maximum atomic E-state index is 12.7. The summed E-state index contributed by atoms with van der Waals surface area (Å²) in [6, 6.07) is 0. The number of phosphoric ester groups is 1. The lowest BCUT2D eigenvalue weighted by Crippen LogP contribution is -2.37. The molecule has 0 saturated carbocycles. The highest BCUT2D eigenvalue weighted by atomic mass is 31.2. The monoisotopic (exact) mass is 834 g/mol. The number of carbonyl (C=O) groups excluding carboxylic acids is 2. The quantitative estimate of drug-likeness (QED) is 0.0178. The number of aliphatic hydroxyl groups excluding tert-OH is 1. The number of carbonyl (C=O) groups is 2. The minimum Gasteiger partial charge on any atom is -0.756 e. The van der Waals surface area contributed by atoms with Gasteiger partial charge in [0.1, 0.15) is 31.3 Å². The predicted octanol–water partition coefficient (Wildman–Crippen LogP) is 9.68. The number of rotatable bonds is 34. The van der Waals surface area contributed by atoms with Crippen LogP contribution in [-0.2, 0) is 45.5 Å². The lowest BCUT2D eigenvalue weighted by molar-refractivity contribution is -0.870. The number of furan rings is 1. The molecule has 0 bridgehead atoms. The van der Waals surface area contributed by atoms with E-state index in [1.807, 2.05) is 33.3 Å². The number of aryl methyl sites for hydroxylation is 2. The molecule has 1 rings (SSSR count). The van der Waals surface area contributed by atoms with Gasteiger partial charge in [0.15, 0.2) is 6.10 Å². The molecule has 58 heavy (non-hydrogen) atoms. The molecule has 0 aliphatic rings. The van der Waals surface area contributed by atoms with E-state index in [1.165, 1.54) is 11.1 Å². The number of quaternary nitrogens is 1. The van der Waals surface area contributed by atoms with Crippen molar-refractivity contribution in [2.75, 3.05) is 47.5 Å². The van der Waals surface area contributed by atoms with Gasteiger partial charge in [0.25, 0.3) is 7.82 Å². The number of unbranched alkanes of at least 4 members (excludes halogenated alkanes) is 5. The van der Waals surface area contributed by atoms with Crippen molar-refractivity contribution in [3.8, 4) is 0 Å². The van der Waals surface area contributed by atoms with E-state index in [0.717, 1.165) is 88.6 Å². The zero-order valence-electron chi connectivity index (χ0n) is 36.8. The Bertz CT molecular complexity index is 1470. The number of allylic oxidation sites excluding steroid dienone is 9. The molecule has 0 saturated heterocycles. The second-order valence-electron chi connectivity index (χ2n) is 15.8. The maximum absolute atomic E-state index is 12.7. The van der Waals surface area contributed by atoms with Crippen LogP contribution in [0.2, 0.25) is 0 Å². The van der Waals surface area contributed by atoms with Crippen LogP contribution in [0.4, 0.5) is 0 Å². The Labute approximate surface area is 350 Å². The average molecular weight is 834 g/mol. The lowest BCUT2D eigenvalue weighted by atomic mass is 10.0.